The molecule has 6 heteroatoms. The Kier molecular flexibility index (Phi) is 6.20. The molecule has 2 aliphatic rings. The number of hydrogen-bond donors (Lipinski definition) is 1. The van der Waals surface area contributed by atoms with Crippen LogP contribution in [0.15, 0.2) is 84.9 Å². The van der Waals surface area contributed by atoms with Gasteiger partial charge < -0.3 is 19.2 Å². The molecule has 2 unspecified atom stereocenters. The first kappa shape index (κ1) is 24.7. The first-order valence-corrected chi connectivity index (χ1v) is 13.7. The summed E-state index contributed by atoms with van der Waals surface area (Å²) in [6.45, 7) is 1.35. The van der Waals surface area contributed by atoms with E-state index in [0.717, 1.165) is 53.3 Å². The summed E-state index contributed by atoms with van der Waals surface area (Å²) < 4.78 is 31.7. The lowest BCUT2D eigenvalue weighted by Gasteiger charge is -2.46. The molecule has 0 bridgehead atoms. The normalized spacial score (nSPS) is 18.1. The Morgan fingerprint density at radius 2 is 1.73 bits per heavy atom. The van der Waals surface area contributed by atoms with Gasteiger partial charge in [-0.25, -0.2) is 4.39 Å². The molecule has 5 aromatic rings. The molecule has 5 nitrogen and oxygen atoms in total. The van der Waals surface area contributed by atoms with Gasteiger partial charge in [-0.15, -0.1) is 0 Å². The van der Waals surface area contributed by atoms with Crippen molar-refractivity contribution in [1.82, 2.24) is 9.88 Å². The van der Waals surface area contributed by atoms with Crippen molar-refractivity contribution >= 4 is 10.9 Å². The molecule has 202 valence electrons. The van der Waals surface area contributed by atoms with Crippen molar-refractivity contribution in [2.75, 3.05) is 20.8 Å². The van der Waals surface area contributed by atoms with Crippen LogP contribution in [0.4, 0.5) is 4.39 Å². The fourth-order valence-electron chi connectivity index (χ4n) is 6.46. The van der Waals surface area contributed by atoms with Crippen LogP contribution in [-0.4, -0.2) is 30.6 Å². The van der Waals surface area contributed by atoms with Crippen LogP contribution >= 0.6 is 0 Å². The number of fused-ring (bicyclic) bond motifs is 6. The highest BCUT2D eigenvalue weighted by molar-refractivity contribution is 5.87. The van der Waals surface area contributed by atoms with Crippen molar-refractivity contribution in [3.8, 4) is 17.2 Å². The van der Waals surface area contributed by atoms with Crippen molar-refractivity contribution in [3.05, 3.63) is 124 Å². The maximum Gasteiger partial charge on any atom is 0.162 e. The maximum absolute atomic E-state index is 14.0. The molecule has 40 heavy (non-hydrogen) atoms. The molecule has 0 radical (unpaired) electrons. The van der Waals surface area contributed by atoms with E-state index in [4.69, 9.17) is 14.2 Å². The molecule has 7 rings (SSSR count). The van der Waals surface area contributed by atoms with Gasteiger partial charge in [-0.05, 0) is 83.1 Å². The molecule has 4 aromatic carbocycles. The number of hydrogen-bond acceptors (Lipinski definition) is 4. The zero-order chi connectivity index (χ0) is 27.2. The molecular weight excluding hydrogens is 503 g/mol. The predicted molar refractivity (Wildman–Crippen MR) is 154 cm³/mol. The Morgan fingerprint density at radius 3 is 2.50 bits per heavy atom. The number of H-pyrrole nitrogens is 1. The number of rotatable bonds is 6. The first-order valence-electron chi connectivity index (χ1n) is 13.7. The number of methoxy groups -OCH3 is 2. The molecule has 0 amide bonds. The third kappa shape index (κ3) is 4.20. The third-order valence-corrected chi connectivity index (χ3v) is 8.40. The second-order valence-corrected chi connectivity index (χ2v) is 10.6. The topological polar surface area (TPSA) is 46.7 Å². The molecular formula is C34H31FN2O3. The monoisotopic (exact) mass is 534 g/mol. The SMILES string of the molecule is COc1ccc2[nH]c3c(c2c1)CC1c2cc(OCc4ccccc4)c(OC)cc2CCN1C3c1ccc(F)cc1. The number of aromatic nitrogens is 1. The van der Waals surface area contributed by atoms with Gasteiger partial charge in [0.25, 0.3) is 0 Å². The second-order valence-electron chi connectivity index (χ2n) is 10.6. The summed E-state index contributed by atoms with van der Waals surface area (Å²) in [4.78, 5) is 6.27. The highest BCUT2D eigenvalue weighted by Gasteiger charge is 2.41. The van der Waals surface area contributed by atoms with E-state index < -0.39 is 0 Å². The van der Waals surface area contributed by atoms with Gasteiger partial charge in [-0.1, -0.05) is 42.5 Å². The van der Waals surface area contributed by atoms with Gasteiger partial charge in [-0.3, -0.25) is 4.90 Å². The van der Waals surface area contributed by atoms with Gasteiger partial charge in [0.1, 0.15) is 18.2 Å². The summed E-state index contributed by atoms with van der Waals surface area (Å²) in [5.41, 5.74) is 8.25. The molecule has 0 saturated heterocycles. The maximum atomic E-state index is 14.0. The average molecular weight is 535 g/mol. The van der Waals surface area contributed by atoms with Gasteiger partial charge >= 0.3 is 0 Å². The van der Waals surface area contributed by atoms with Crippen LogP contribution in [0.3, 0.4) is 0 Å². The summed E-state index contributed by atoms with van der Waals surface area (Å²) in [6, 6.07) is 27.7. The number of aromatic amines is 1. The molecule has 0 aliphatic carbocycles. The average Bonchev–Trinajstić information content (AvgIpc) is 3.36. The Balaban J connectivity index is 1.35. The minimum absolute atomic E-state index is 0.0308. The minimum Gasteiger partial charge on any atom is -0.497 e. The van der Waals surface area contributed by atoms with E-state index in [-0.39, 0.29) is 17.9 Å². The van der Waals surface area contributed by atoms with E-state index in [1.54, 1.807) is 26.4 Å². The van der Waals surface area contributed by atoms with Crippen molar-refractivity contribution in [2.24, 2.45) is 0 Å². The van der Waals surface area contributed by atoms with Crippen LogP contribution in [-0.2, 0) is 19.4 Å². The molecule has 2 aliphatic heterocycles. The Bertz CT molecular complexity index is 1680. The summed E-state index contributed by atoms with van der Waals surface area (Å²) in [6.07, 6.45) is 1.74. The largest absolute Gasteiger partial charge is 0.497 e. The summed E-state index contributed by atoms with van der Waals surface area (Å²) in [5, 5.41) is 1.17. The molecule has 0 spiro atoms. The van der Waals surface area contributed by atoms with Gasteiger partial charge in [0.15, 0.2) is 11.5 Å². The number of halogens is 1. The quantitative estimate of drug-likeness (QED) is 0.251. The fourth-order valence-corrected chi connectivity index (χ4v) is 6.46. The van der Waals surface area contributed by atoms with Crippen molar-refractivity contribution in [2.45, 2.75) is 31.5 Å². The van der Waals surface area contributed by atoms with Crippen molar-refractivity contribution < 1.29 is 18.6 Å². The summed E-state index contributed by atoms with van der Waals surface area (Å²) >= 11 is 0. The van der Waals surface area contributed by atoms with E-state index in [9.17, 15) is 4.39 Å². The number of benzene rings is 4. The van der Waals surface area contributed by atoms with Crippen LogP contribution in [0, 0.1) is 5.82 Å². The van der Waals surface area contributed by atoms with Crippen LogP contribution in [0.25, 0.3) is 10.9 Å². The lowest BCUT2D eigenvalue weighted by molar-refractivity contribution is 0.127. The standard InChI is InChI=1S/C34H31FN2O3/c1-38-25-12-13-29-27(17-25)28-18-30-26-19-32(40-20-21-6-4-3-5-7-21)31(39-2)16-23(26)14-15-37(30)34(33(28)36-29)22-8-10-24(35)11-9-22/h3-13,16-17,19,30,34,36H,14-15,18,20H2,1-2H3. The van der Waals surface area contributed by atoms with E-state index >= 15 is 0 Å². The summed E-state index contributed by atoms with van der Waals surface area (Å²) in [5.74, 6) is 2.11. The smallest absolute Gasteiger partial charge is 0.162 e. The van der Waals surface area contributed by atoms with E-state index in [0.29, 0.717) is 6.61 Å². The molecule has 2 atom stereocenters. The Morgan fingerprint density at radius 1 is 0.900 bits per heavy atom. The fraction of sp³-hybridized carbons (Fsp3) is 0.235. The van der Waals surface area contributed by atoms with Crippen LogP contribution in [0.5, 0.6) is 17.2 Å². The first-order chi connectivity index (χ1) is 19.6. The van der Waals surface area contributed by atoms with E-state index in [1.165, 1.54) is 27.8 Å². The van der Waals surface area contributed by atoms with Gasteiger partial charge in [-0.2, -0.15) is 0 Å². The number of ether oxygens (including phenoxy) is 3. The summed E-state index contributed by atoms with van der Waals surface area (Å²) in [7, 11) is 3.40. The molecule has 3 heterocycles. The molecule has 1 N–H and O–H groups in total. The zero-order valence-electron chi connectivity index (χ0n) is 22.6. The van der Waals surface area contributed by atoms with Crippen LogP contribution < -0.4 is 14.2 Å². The minimum atomic E-state index is -0.228. The lowest BCUT2D eigenvalue weighted by atomic mass is 9.80. The Hall–Kier alpha value is -4.29. The molecule has 0 saturated carbocycles. The lowest BCUT2D eigenvalue weighted by Crippen LogP contribution is -2.43. The molecule has 1 aromatic heterocycles. The van der Waals surface area contributed by atoms with Crippen LogP contribution in [0.2, 0.25) is 0 Å². The van der Waals surface area contributed by atoms with Gasteiger partial charge in [0, 0.05) is 29.2 Å². The Labute approximate surface area is 233 Å². The van der Waals surface area contributed by atoms with E-state index in [2.05, 4.69) is 46.3 Å². The second kappa shape index (κ2) is 10.0. The van der Waals surface area contributed by atoms with Crippen LogP contribution in [0.1, 0.15) is 45.6 Å². The van der Waals surface area contributed by atoms with E-state index in [1.807, 2.05) is 36.4 Å². The highest BCUT2D eigenvalue weighted by atomic mass is 19.1. The van der Waals surface area contributed by atoms with Gasteiger partial charge in [0.05, 0.1) is 20.3 Å². The van der Waals surface area contributed by atoms with Crippen molar-refractivity contribution in [3.63, 3.8) is 0 Å². The molecule has 0 fully saturated rings. The third-order valence-electron chi connectivity index (χ3n) is 8.40. The number of nitrogens with zero attached hydrogens (tertiary/aromatic N) is 1. The van der Waals surface area contributed by atoms with Crippen molar-refractivity contribution in [1.29, 1.82) is 0 Å². The zero-order valence-corrected chi connectivity index (χ0v) is 22.6. The highest BCUT2D eigenvalue weighted by Crippen LogP contribution is 2.50. The van der Waals surface area contributed by atoms with Gasteiger partial charge in [0.2, 0.25) is 0 Å². The number of nitrogens with one attached hydrogen (secondary N) is 1. The predicted octanol–water partition coefficient (Wildman–Crippen LogP) is 7.15.